The maximum atomic E-state index is 5.61. The van der Waals surface area contributed by atoms with Crippen molar-refractivity contribution >= 4 is 5.69 Å². The quantitative estimate of drug-likeness (QED) is 0.787. The molecule has 96 valence electrons. The first kappa shape index (κ1) is 14.0. The monoisotopic (exact) mass is 234 g/mol. The lowest BCUT2D eigenvalue weighted by atomic mass is 9.97. The van der Waals surface area contributed by atoms with Gasteiger partial charge in [-0.2, -0.15) is 0 Å². The molecule has 1 unspecified atom stereocenters. The van der Waals surface area contributed by atoms with E-state index in [1.165, 1.54) is 17.7 Å². The van der Waals surface area contributed by atoms with Crippen LogP contribution in [0.2, 0.25) is 0 Å². The van der Waals surface area contributed by atoms with Gasteiger partial charge in [0.05, 0.1) is 0 Å². The van der Waals surface area contributed by atoms with Crippen LogP contribution in [0, 0.1) is 0 Å². The molecule has 1 atom stereocenters. The van der Waals surface area contributed by atoms with Gasteiger partial charge in [0.25, 0.3) is 0 Å². The van der Waals surface area contributed by atoms with Gasteiger partial charge in [-0.15, -0.1) is 0 Å². The molecule has 0 fully saturated rings. The van der Waals surface area contributed by atoms with Crippen molar-refractivity contribution in [3.8, 4) is 0 Å². The maximum Gasteiger partial charge on any atom is 0.0344 e. The molecule has 0 bridgehead atoms. The van der Waals surface area contributed by atoms with Crippen LogP contribution in [0.15, 0.2) is 24.3 Å². The lowest BCUT2D eigenvalue weighted by molar-refractivity contribution is 0.526. The molecule has 1 aromatic carbocycles. The van der Waals surface area contributed by atoms with Gasteiger partial charge < -0.3 is 11.1 Å². The van der Waals surface area contributed by atoms with E-state index in [2.05, 4.69) is 57.3 Å². The van der Waals surface area contributed by atoms with Crippen molar-refractivity contribution in [2.75, 3.05) is 11.9 Å². The van der Waals surface area contributed by atoms with Crippen molar-refractivity contribution in [2.24, 2.45) is 5.73 Å². The number of nitrogens with two attached hydrogens (primary N) is 1. The number of nitrogens with one attached hydrogen (secondary N) is 1. The molecule has 0 amide bonds. The van der Waals surface area contributed by atoms with E-state index in [1.807, 2.05) is 0 Å². The second-order valence-corrected chi connectivity index (χ2v) is 5.48. The van der Waals surface area contributed by atoms with Crippen LogP contribution in [0.1, 0.15) is 52.0 Å². The molecule has 0 aromatic heterocycles. The third kappa shape index (κ3) is 4.39. The van der Waals surface area contributed by atoms with Gasteiger partial charge in [-0.1, -0.05) is 26.0 Å². The van der Waals surface area contributed by atoms with Crippen molar-refractivity contribution in [1.29, 1.82) is 0 Å². The van der Waals surface area contributed by atoms with Crippen LogP contribution in [0.3, 0.4) is 0 Å². The van der Waals surface area contributed by atoms with Crippen molar-refractivity contribution in [3.05, 3.63) is 29.8 Å². The van der Waals surface area contributed by atoms with Crippen LogP contribution in [-0.4, -0.2) is 12.1 Å². The number of benzene rings is 1. The van der Waals surface area contributed by atoms with E-state index in [0.29, 0.717) is 12.5 Å². The predicted octanol–water partition coefficient (Wildman–Crippen LogP) is 3.74. The van der Waals surface area contributed by atoms with Crippen molar-refractivity contribution in [2.45, 2.75) is 52.0 Å². The highest BCUT2D eigenvalue weighted by Gasteiger charge is 2.15. The van der Waals surface area contributed by atoms with Crippen molar-refractivity contribution < 1.29 is 0 Å². The number of hydrogen-bond donors (Lipinski definition) is 2. The standard InChI is InChI=1S/C15H26N2/c1-5-12(2)13-6-8-14(9-7-13)17-15(3,4)10-11-16/h6-9,12,17H,5,10-11,16H2,1-4H3. The highest BCUT2D eigenvalue weighted by atomic mass is 15.0. The minimum absolute atomic E-state index is 0.0621. The van der Waals surface area contributed by atoms with Gasteiger partial charge in [0, 0.05) is 11.2 Å². The van der Waals surface area contributed by atoms with Gasteiger partial charge in [-0.05, 0) is 56.8 Å². The fraction of sp³-hybridized carbons (Fsp3) is 0.600. The molecule has 1 rings (SSSR count). The first-order valence-electron chi connectivity index (χ1n) is 6.56. The molecule has 3 N–H and O–H groups in total. The number of rotatable bonds is 6. The zero-order chi connectivity index (χ0) is 12.9. The summed E-state index contributed by atoms with van der Waals surface area (Å²) in [5.74, 6) is 0.640. The zero-order valence-corrected chi connectivity index (χ0v) is 11.6. The Morgan fingerprint density at radius 1 is 1.24 bits per heavy atom. The summed E-state index contributed by atoms with van der Waals surface area (Å²) in [6.07, 6.45) is 2.16. The molecular weight excluding hydrogens is 208 g/mol. The molecule has 0 aliphatic rings. The lowest BCUT2D eigenvalue weighted by Crippen LogP contribution is -2.33. The molecule has 0 aliphatic carbocycles. The summed E-state index contributed by atoms with van der Waals surface area (Å²) >= 11 is 0. The predicted molar refractivity (Wildman–Crippen MR) is 76.5 cm³/mol. The molecule has 0 aliphatic heterocycles. The minimum atomic E-state index is 0.0621. The maximum absolute atomic E-state index is 5.61. The third-order valence-corrected chi connectivity index (χ3v) is 3.34. The first-order valence-corrected chi connectivity index (χ1v) is 6.56. The summed E-state index contributed by atoms with van der Waals surface area (Å²) in [5.41, 5.74) is 8.26. The molecule has 0 radical (unpaired) electrons. The highest BCUT2D eigenvalue weighted by molar-refractivity contribution is 5.47. The van der Waals surface area contributed by atoms with E-state index in [1.54, 1.807) is 0 Å². The Kier molecular flexibility index (Phi) is 5.01. The summed E-state index contributed by atoms with van der Waals surface area (Å²) in [5, 5.41) is 3.52. The molecule has 1 aromatic rings. The van der Waals surface area contributed by atoms with Gasteiger partial charge >= 0.3 is 0 Å². The second kappa shape index (κ2) is 6.06. The van der Waals surface area contributed by atoms with Gasteiger partial charge in [-0.25, -0.2) is 0 Å². The molecule has 2 nitrogen and oxygen atoms in total. The van der Waals surface area contributed by atoms with E-state index in [-0.39, 0.29) is 5.54 Å². The smallest absolute Gasteiger partial charge is 0.0344 e. The molecule has 0 heterocycles. The van der Waals surface area contributed by atoms with E-state index in [0.717, 1.165) is 6.42 Å². The lowest BCUT2D eigenvalue weighted by Gasteiger charge is -2.27. The fourth-order valence-electron chi connectivity index (χ4n) is 1.94. The molecule has 0 saturated heterocycles. The highest BCUT2D eigenvalue weighted by Crippen LogP contribution is 2.22. The first-order chi connectivity index (χ1) is 7.98. The summed E-state index contributed by atoms with van der Waals surface area (Å²) in [6.45, 7) is 9.57. The SMILES string of the molecule is CCC(C)c1ccc(NC(C)(C)CCN)cc1. The topological polar surface area (TPSA) is 38.0 Å². The largest absolute Gasteiger partial charge is 0.380 e. The van der Waals surface area contributed by atoms with E-state index >= 15 is 0 Å². The Morgan fingerprint density at radius 3 is 2.29 bits per heavy atom. The average Bonchev–Trinajstić information content (AvgIpc) is 2.28. The van der Waals surface area contributed by atoms with E-state index in [4.69, 9.17) is 5.73 Å². The Labute approximate surface area is 106 Å². The average molecular weight is 234 g/mol. The Balaban J connectivity index is 2.68. The van der Waals surface area contributed by atoms with Gasteiger partial charge in [-0.3, -0.25) is 0 Å². The fourth-order valence-corrected chi connectivity index (χ4v) is 1.94. The van der Waals surface area contributed by atoms with Crippen LogP contribution < -0.4 is 11.1 Å². The van der Waals surface area contributed by atoms with Gasteiger partial charge in [0.2, 0.25) is 0 Å². The minimum Gasteiger partial charge on any atom is -0.380 e. The number of anilines is 1. The summed E-state index contributed by atoms with van der Waals surface area (Å²) in [4.78, 5) is 0. The zero-order valence-electron chi connectivity index (χ0n) is 11.6. The molecule has 0 spiro atoms. The normalized spacial score (nSPS) is 13.5. The summed E-state index contributed by atoms with van der Waals surface area (Å²) < 4.78 is 0. The number of hydrogen-bond acceptors (Lipinski definition) is 2. The van der Waals surface area contributed by atoms with Gasteiger partial charge in [0.1, 0.15) is 0 Å². The van der Waals surface area contributed by atoms with Crippen LogP contribution in [-0.2, 0) is 0 Å². The Hall–Kier alpha value is -1.02. The van der Waals surface area contributed by atoms with Crippen molar-refractivity contribution in [3.63, 3.8) is 0 Å². The van der Waals surface area contributed by atoms with Crippen LogP contribution in [0.4, 0.5) is 5.69 Å². The summed E-state index contributed by atoms with van der Waals surface area (Å²) in [7, 11) is 0. The van der Waals surface area contributed by atoms with Crippen LogP contribution >= 0.6 is 0 Å². The van der Waals surface area contributed by atoms with Crippen LogP contribution in [0.25, 0.3) is 0 Å². The summed E-state index contributed by atoms with van der Waals surface area (Å²) in [6, 6.07) is 8.77. The van der Waals surface area contributed by atoms with E-state index in [9.17, 15) is 0 Å². The molecular formula is C15H26N2. The van der Waals surface area contributed by atoms with Crippen LogP contribution in [0.5, 0.6) is 0 Å². The Morgan fingerprint density at radius 2 is 1.82 bits per heavy atom. The molecule has 0 saturated carbocycles. The Bertz CT molecular complexity index is 327. The van der Waals surface area contributed by atoms with Gasteiger partial charge in [0.15, 0.2) is 0 Å². The second-order valence-electron chi connectivity index (χ2n) is 5.48. The molecule has 17 heavy (non-hydrogen) atoms. The van der Waals surface area contributed by atoms with E-state index < -0.39 is 0 Å². The third-order valence-electron chi connectivity index (χ3n) is 3.34. The van der Waals surface area contributed by atoms with Crippen molar-refractivity contribution in [1.82, 2.24) is 0 Å². The molecule has 2 heteroatoms.